The van der Waals surface area contributed by atoms with E-state index < -0.39 is 5.41 Å². The highest BCUT2D eigenvalue weighted by Crippen LogP contribution is 2.36. The van der Waals surface area contributed by atoms with E-state index in [1.54, 1.807) is 30.0 Å². The molecule has 1 aliphatic heterocycles. The quantitative estimate of drug-likeness (QED) is 0.833. The Morgan fingerprint density at radius 1 is 1.38 bits per heavy atom. The molecule has 0 radical (unpaired) electrons. The Bertz CT molecular complexity index is 778. The Balaban J connectivity index is 1.89. The molecule has 7 heteroatoms. The van der Waals surface area contributed by atoms with Gasteiger partial charge in [-0.05, 0) is 37.8 Å². The summed E-state index contributed by atoms with van der Waals surface area (Å²) in [6.07, 6.45) is 4.29. The van der Waals surface area contributed by atoms with Crippen LogP contribution < -0.4 is 0 Å². The Hall–Kier alpha value is -2.70. The molecule has 0 aliphatic carbocycles. The van der Waals surface area contributed by atoms with E-state index in [0.717, 1.165) is 0 Å². The lowest BCUT2D eigenvalue weighted by Gasteiger charge is -2.41. The number of aromatic nitrogens is 2. The summed E-state index contributed by atoms with van der Waals surface area (Å²) in [6, 6.07) is 6.41. The van der Waals surface area contributed by atoms with E-state index in [-0.39, 0.29) is 37.3 Å². The molecular formula is C19H22FN3O3. The van der Waals surface area contributed by atoms with Gasteiger partial charge in [-0.3, -0.25) is 9.59 Å². The zero-order valence-corrected chi connectivity index (χ0v) is 14.7. The van der Waals surface area contributed by atoms with Crippen LogP contribution in [0.4, 0.5) is 4.39 Å². The minimum absolute atomic E-state index is 0.192. The summed E-state index contributed by atoms with van der Waals surface area (Å²) < 4.78 is 19.5. The Morgan fingerprint density at radius 2 is 2.19 bits per heavy atom. The molecule has 0 spiro atoms. The maximum Gasteiger partial charge on any atom is 0.314 e. The van der Waals surface area contributed by atoms with E-state index in [2.05, 4.69) is 9.97 Å². The normalized spacial score (nSPS) is 20.0. The molecule has 1 fully saturated rings. The van der Waals surface area contributed by atoms with Crippen LogP contribution in [-0.2, 0) is 16.0 Å². The third kappa shape index (κ3) is 3.61. The van der Waals surface area contributed by atoms with E-state index in [1.165, 1.54) is 18.6 Å². The summed E-state index contributed by atoms with van der Waals surface area (Å²) >= 11 is 0. The molecule has 0 bridgehead atoms. The summed E-state index contributed by atoms with van der Waals surface area (Å²) in [6.45, 7) is 2.71. The van der Waals surface area contributed by atoms with Gasteiger partial charge in [0.05, 0.1) is 24.5 Å². The van der Waals surface area contributed by atoms with Crippen LogP contribution in [0.5, 0.6) is 0 Å². The molecule has 1 saturated heterocycles. The van der Waals surface area contributed by atoms with Gasteiger partial charge in [0.25, 0.3) is 5.91 Å². The van der Waals surface area contributed by atoms with Crippen molar-refractivity contribution in [3.63, 3.8) is 0 Å². The van der Waals surface area contributed by atoms with Crippen molar-refractivity contribution in [2.75, 3.05) is 19.7 Å². The number of benzene rings is 1. The number of hydrogen-bond acceptors (Lipinski definition) is 4. The van der Waals surface area contributed by atoms with Crippen LogP contribution in [0.25, 0.3) is 0 Å². The summed E-state index contributed by atoms with van der Waals surface area (Å²) in [5.41, 5.74) is -0.126. The summed E-state index contributed by atoms with van der Waals surface area (Å²) in [5.74, 6) is -0.956. The number of piperidine rings is 1. The maximum atomic E-state index is 14.2. The van der Waals surface area contributed by atoms with Gasteiger partial charge in [0.2, 0.25) is 0 Å². The highest BCUT2D eigenvalue weighted by atomic mass is 19.1. The number of halogens is 1. The van der Waals surface area contributed by atoms with Crippen molar-refractivity contribution in [2.45, 2.75) is 26.2 Å². The lowest BCUT2D eigenvalue weighted by Crippen LogP contribution is -2.51. The van der Waals surface area contributed by atoms with Gasteiger partial charge in [-0.1, -0.05) is 18.2 Å². The van der Waals surface area contributed by atoms with E-state index in [1.807, 2.05) is 0 Å². The van der Waals surface area contributed by atoms with Gasteiger partial charge in [-0.25, -0.2) is 9.37 Å². The first-order valence-corrected chi connectivity index (χ1v) is 8.74. The monoisotopic (exact) mass is 359 g/mol. The van der Waals surface area contributed by atoms with Crippen molar-refractivity contribution >= 4 is 11.9 Å². The average molecular weight is 359 g/mol. The van der Waals surface area contributed by atoms with Crippen LogP contribution in [0.1, 0.15) is 35.8 Å². The SMILES string of the molecule is CCOC(=O)C1(Cc2ccccc2F)CCCN(C(=O)c2cnc[nH]2)C1. The third-order valence-electron chi connectivity index (χ3n) is 4.79. The largest absolute Gasteiger partial charge is 0.466 e. The predicted molar refractivity (Wildman–Crippen MR) is 92.9 cm³/mol. The highest BCUT2D eigenvalue weighted by molar-refractivity contribution is 5.92. The Kier molecular flexibility index (Phi) is 5.35. The minimum atomic E-state index is -0.952. The standard InChI is InChI=1S/C19H22FN3O3/c1-2-26-18(25)19(10-14-6-3-4-7-15(14)20)8-5-9-23(12-19)17(24)16-11-21-13-22-16/h3-4,6-7,11,13H,2,5,8-10,12H2,1H3,(H,21,22). The van der Waals surface area contributed by atoms with E-state index in [4.69, 9.17) is 4.74 Å². The number of hydrogen-bond donors (Lipinski definition) is 1. The van der Waals surface area contributed by atoms with Gasteiger partial charge >= 0.3 is 5.97 Å². The summed E-state index contributed by atoms with van der Waals surface area (Å²) in [5, 5.41) is 0. The van der Waals surface area contributed by atoms with Crippen LogP contribution in [0.3, 0.4) is 0 Å². The van der Waals surface area contributed by atoms with E-state index in [9.17, 15) is 14.0 Å². The van der Waals surface area contributed by atoms with Gasteiger partial charge in [0.1, 0.15) is 11.5 Å². The minimum Gasteiger partial charge on any atom is -0.466 e. The molecule has 1 aliphatic rings. The van der Waals surface area contributed by atoms with E-state index in [0.29, 0.717) is 30.6 Å². The second-order valence-electron chi connectivity index (χ2n) is 6.56. The topological polar surface area (TPSA) is 75.3 Å². The Labute approximate surface area is 151 Å². The van der Waals surface area contributed by atoms with Gasteiger partial charge in [-0.15, -0.1) is 0 Å². The third-order valence-corrected chi connectivity index (χ3v) is 4.79. The fourth-order valence-corrected chi connectivity index (χ4v) is 3.52. The average Bonchev–Trinajstić information content (AvgIpc) is 3.18. The molecule has 3 rings (SSSR count). The second-order valence-corrected chi connectivity index (χ2v) is 6.56. The van der Waals surface area contributed by atoms with Crippen molar-refractivity contribution in [1.29, 1.82) is 0 Å². The molecule has 26 heavy (non-hydrogen) atoms. The zero-order chi connectivity index (χ0) is 18.6. The van der Waals surface area contributed by atoms with Crippen molar-refractivity contribution in [3.8, 4) is 0 Å². The van der Waals surface area contributed by atoms with Gasteiger partial charge < -0.3 is 14.6 Å². The molecule has 6 nitrogen and oxygen atoms in total. The number of ether oxygens (including phenoxy) is 1. The number of carbonyl (C=O) groups is 2. The number of nitrogens with zero attached hydrogens (tertiary/aromatic N) is 2. The first kappa shape index (κ1) is 18.1. The molecule has 138 valence electrons. The molecule has 1 amide bonds. The first-order valence-electron chi connectivity index (χ1n) is 8.74. The van der Waals surface area contributed by atoms with Gasteiger partial charge in [-0.2, -0.15) is 0 Å². The van der Waals surface area contributed by atoms with Crippen molar-refractivity contribution in [3.05, 3.63) is 53.9 Å². The molecule has 2 heterocycles. The van der Waals surface area contributed by atoms with Crippen LogP contribution >= 0.6 is 0 Å². The maximum absolute atomic E-state index is 14.2. The van der Waals surface area contributed by atoms with Crippen molar-refractivity contribution in [2.24, 2.45) is 5.41 Å². The number of rotatable bonds is 5. The molecule has 1 aromatic heterocycles. The molecular weight excluding hydrogens is 337 g/mol. The van der Waals surface area contributed by atoms with Crippen LogP contribution in [-0.4, -0.2) is 46.4 Å². The molecule has 1 N–H and O–H groups in total. The van der Waals surface area contributed by atoms with E-state index >= 15 is 0 Å². The fourth-order valence-electron chi connectivity index (χ4n) is 3.52. The van der Waals surface area contributed by atoms with Crippen LogP contribution in [0, 0.1) is 11.2 Å². The molecule has 1 unspecified atom stereocenters. The number of aromatic amines is 1. The molecule has 1 aromatic carbocycles. The number of nitrogens with one attached hydrogen (secondary N) is 1. The number of carbonyl (C=O) groups excluding carboxylic acids is 2. The first-order chi connectivity index (χ1) is 12.6. The lowest BCUT2D eigenvalue weighted by molar-refractivity contribution is -0.158. The number of amides is 1. The van der Waals surface area contributed by atoms with Gasteiger partial charge in [0.15, 0.2) is 0 Å². The smallest absolute Gasteiger partial charge is 0.314 e. The summed E-state index contributed by atoms with van der Waals surface area (Å²) in [4.78, 5) is 33.8. The van der Waals surface area contributed by atoms with Crippen molar-refractivity contribution in [1.82, 2.24) is 14.9 Å². The number of H-pyrrole nitrogens is 1. The number of likely N-dealkylation sites (tertiary alicyclic amines) is 1. The molecule has 2 aromatic rings. The number of imidazole rings is 1. The fraction of sp³-hybridized carbons (Fsp3) is 0.421. The summed E-state index contributed by atoms with van der Waals surface area (Å²) in [7, 11) is 0. The predicted octanol–water partition coefficient (Wildman–Crippen LogP) is 2.58. The Morgan fingerprint density at radius 3 is 2.88 bits per heavy atom. The lowest BCUT2D eigenvalue weighted by atomic mass is 9.75. The molecule has 1 atom stereocenters. The van der Waals surface area contributed by atoms with Crippen LogP contribution in [0.15, 0.2) is 36.8 Å². The van der Waals surface area contributed by atoms with Gasteiger partial charge in [0, 0.05) is 13.1 Å². The highest BCUT2D eigenvalue weighted by Gasteiger charge is 2.45. The number of esters is 1. The van der Waals surface area contributed by atoms with Crippen molar-refractivity contribution < 1.29 is 18.7 Å². The second kappa shape index (κ2) is 7.68. The zero-order valence-electron chi connectivity index (χ0n) is 14.7. The molecule has 0 saturated carbocycles. The van der Waals surface area contributed by atoms with Crippen LogP contribution in [0.2, 0.25) is 0 Å².